The van der Waals surface area contributed by atoms with E-state index in [-0.39, 0.29) is 11.2 Å². The molecule has 1 unspecified atom stereocenters. The molecule has 0 aromatic carbocycles. The minimum absolute atomic E-state index is 0.00841. The Labute approximate surface area is 116 Å². The highest BCUT2D eigenvalue weighted by molar-refractivity contribution is 7.89. The highest BCUT2D eigenvalue weighted by Gasteiger charge is 2.36. The molecular formula is C13H27NO4S. The van der Waals surface area contributed by atoms with Gasteiger partial charge in [-0.1, -0.05) is 20.3 Å². The maximum absolute atomic E-state index is 11.4. The van der Waals surface area contributed by atoms with Gasteiger partial charge in [0.2, 0.25) is 10.0 Å². The molecular weight excluding hydrogens is 266 g/mol. The van der Waals surface area contributed by atoms with Gasteiger partial charge in [0.05, 0.1) is 12.4 Å². The van der Waals surface area contributed by atoms with Crippen LogP contribution >= 0.6 is 0 Å². The standard InChI is InChI=1S/C13H27NO4S/c1-3-4-12(2)9-18-10-13(11-19(14,15)16)5-7-17-8-6-13/h12H,3-11H2,1-2H3,(H2,14,15,16). The van der Waals surface area contributed by atoms with Crippen molar-refractivity contribution in [2.75, 3.05) is 32.2 Å². The van der Waals surface area contributed by atoms with Gasteiger partial charge in [-0.2, -0.15) is 0 Å². The molecule has 1 fully saturated rings. The number of hydrogen-bond acceptors (Lipinski definition) is 4. The van der Waals surface area contributed by atoms with Crippen LogP contribution in [0.15, 0.2) is 0 Å². The minimum Gasteiger partial charge on any atom is -0.381 e. The molecule has 1 heterocycles. The molecule has 0 radical (unpaired) electrons. The van der Waals surface area contributed by atoms with Crippen LogP contribution in [0, 0.1) is 11.3 Å². The summed E-state index contributed by atoms with van der Waals surface area (Å²) in [7, 11) is -3.48. The number of hydrogen-bond donors (Lipinski definition) is 1. The van der Waals surface area contributed by atoms with Crippen molar-refractivity contribution in [3.8, 4) is 0 Å². The number of rotatable bonds is 8. The molecule has 0 aromatic heterocycles. The molecule has 0 bridgehead atoms. The summed E-state index contributed by atoms with van der Waals surface area (Å²) < 4.78 is 33.8. The van der Waals surface area contributed by atoms with E-state index in [9.17, 15) is 8.42 Å². The Balaban J connectivity index is 2.50. The van der Waals surface area contributed by atoms with Crippen LogP contribution in [0.5, 0.6) is 0 Å². The molecule has 1 aliphatic rings. The molecule has 5 nitrogen and oxygen atoms in total. The van der Waals surface area contributed by atoms with Crippen LogP contribution in [0.3, 0.4) is 0 Å². The van der Waals surface area contributed by atoms with Crippen LogP contribution < -0.4 is 5.14 Å². The normalized spacial score (nSPS) is 21.2. The highest BCUT2D eigenvalue weighted by Crippen LogP contribution is 2.32. The Morgan fingerprint density at radius 3 is 2.53 bits per heavy atom. The van der Waals surface area contributed by atoms with Gasteiger partial charge in [-0.3, -0.25) is 0 Å². The van der Waals surface area contributed by atoms with Gasteiger partial charge in [0.15, 0.2) is 0 Å². The number of sulfonamides is 1. The SMILES string of the molecule is CCCC(C)COCC1(CS(N)(=O)=O)CCOCC1. The Morgan fingerprint density at radius 2 is 2.00 bits per heavy atom. The first-order valence-corrected chi connectivity index (χ1v) is 8.74. The van der Waals surface area contributed by atoms with Crippen molar-refractivity contribution in [3.05, 3.63) is 0 Å². The van der Waals surface area contributed by atoms with Gasteiger partial charge in [-0.05, 0) is 25.2 Å². The Hall–Kier alpha value is -0.170. The van der Waals surface area contributed by atoms with E-state index in [0.717, 1.165) is 12.8 Å². The van der Waals surface area contributed by atoms with Crippen molar-refractivity contribution in [2.24, 2.45) is 16.5 Å². The molecule has 1 aliphatic heterocycles. The Bertz CT molecular complexity index is 350. The van der Waals surface area contributed by atoms with Crippen molar-refractivity contribution >= 4 is 10.0 Å². The molecule has 0 amide bonds. The predicted octanol–water partition coefficient (Wildman–Crippen LogP) is 1.52. The summed E-state index contributed by atoms with van der Waals surface area (Å²) in [6, 6.07) is 0. The quantitative estimate of drug-likeness (QED) is 0.736. The first-order valence-electron chi connectivity index (χ1n) is 7.03. The predicted molar refractivity (Wildman–Crippen MR) is 75.4 cm³/mol. The van der Waals surface area contributed by atoms with Crippen LogP contribution in [0.1, 0.15) is 39.5 Å². The maximum atomic E-state index is 11.4. The molecule has 6 heteroatoms. The van der Waals surface area contributed by atoms with Gasteiger partial charge >= 0.3 is 0 Å². The Kier molecular flexibility index (Phi) is 6.73. The summed E-state index contributed by atoms with van der Waals surface area (Å²) in [6.07, 6.45) is 3.67. The smallest absolute Gasteiger partial charge is 0.209 e. The summed E-state index contributed by atoms with van der Waals surface area (Å²) in [6.45, 7) is 6.62. The highest BCUT2D eigenvalue weighted by atomic mass is 32.2. The van der Waals surface area contributed by atoms with E-state index in [1.807, 2.05) is 0 Å². The lowest BCUT2D eigenvalue weighted by Crippen LogP contribution is -2.42. The molecule has 2 N–H and O–H groups in total. The summed E-state index contributed by atoms with van der Waals surface area (Å²) in [5.74, 6) is 0.502. The average molecular weight is 293 g/mol. The van der Waals surface area contributed by atoms with Crippen molar-refractivity contribution in [3.63, 3.8) is 0 Å². The topological polar surface area (TPSA) is 78.6 Å². The fourth-order valence-corrected chi connectivity index (χ4v) is 3.84. The van der Waals surface area contributed by atoms with E-state index in [2.05, 4.69) is 13.8 Å². The van der Waals surface area contributed by atoms with Crippen LogP contribution in [0.25, 0.3) is 0 Å². The van der Waals surface area contributed by atoms with Gasteiger partial charge in [-0.25, -0.2) is 13.6 Å². The van der Waals surface area contributed by atoms with Crippen LogP contribution in [-0.4, -0.2) is 40.6 Å². The first kappa shape index (κ1) is 16.9. The second kappa shape index (κ2) is 7.57. The third kappa shape index (κ3) is 6.70. The largest absolute Gasteiger partial charge is 0.381 e. The molecule has 0 saturated carbocycles. The molecule has 114 valence electrons. The molecule has 0 spiro atoms. The van der Waals surface area contributed by atoms with Crippen LogP contribution in [0.2, 0.25) is 0 Å². The zero-order valence-corrected chi connectivity index (χ0v) is 12.9. The van der Waals surface area contributed by atoms with Gasteiger partial charge in [0, 0.05) is 25.2 Å². The fourth-order valence-electron chi connectivity index (χ4n) is 2.61. The Morgan fingerprint density at radius 1 is 1.37 bits per heavy atom. The average Bonchev–Trinajstić information content (AvgIpc) is 2.28. The third-order valence-electron chi connectivity index (χ3n) is 3.65. The molecule has 1 saturated heterocycles. The monoisotopic (exact) mass is 293 g/mol. The van der Waals surface area contributed by atoms with Crippen molar-refractivity contribution in [2.45, 2.75) is 39.5 Å². The van der Waals surface area contributed by atoms with Gasteiger partial charge in [0.25, 0.3) is 0 Å². The first-order chi connectivity index (χ1) is 8.87. The van der Waals surface area contributed by atoms with Gasteiger partial charge in [-0.15, -0.1) is 0 Å². The summed E-state index contributed by atoms with van der Waals surface area (Å²) in [4.78, 5) is 0. The van der Waals surface area contributed by atoms with Gasteiger partial charge < -0.3 is 9.47 Å². The molecule has 1 rings (SSSR count). The van der Waals surface area contributed by atoms with Crippen molar-refractivity contribution in [1.29, 1.82) is 0 Å². The van der Waals surface area contributed by atoms with Crippen LogP contribution in [0.4, 0.5) is 0 Å². The van der Waals surface area contributed by atoms with E-state index in [4.69, 9.17) is 14.6 Å². The maximum Gasteiger partial charge on any atom is 0.209 e. The lowest BCUT2D eigenvalue weighted by Gasteiger charge is -2.36. The lowest BCUT2D eigenvalue weighted by atomic mass is 9.83. The van der Waals surface area contributed by atoms with E-state index in [0.29, 0.717) is 45.2 Å². The second-order valence-electron chi connectivity index (χ2n) is 5.83. The zero-order chi connectivity index (χ0) is 14.4. The fraction of sp³-hybridized carbons (Fsp3) is 1.00. The van der Waals surface area contributed by atoms with E-state index in [1.54, 1.807) is 0 Å². The number of primary sulfonamides is 1. The molecule has 0 aliphatic carbocycles. The third-order valence-corrected chi connectivity index (χ3v) is 4.67. The van der Waals surface area contributed by atoms with Gasteiger partial charge in [0.1, 0.15) is 0 Å². The summed E-state index contributed by atoms with van der Waals surface area (Å²) in [5, 5.41) is 5.21. The zero-order valence-electron chi connectivity index (χ0n) is 12.1. The van der Waals surface area contributed by atoms with E-state index in [1.165, 1.54) is 0 Å². The molecule has 1 atom stereocenters. The molecule has 0 aromatic rings. The molecule has 19 heavy (non-hydrogen) atoms. The number of nitrogens with two attached hydrogens (primary N) is 1. The minimum atomic E-state index is -3.48. The summed E-state index contributed by atoms with van der Waals surface area (Å²) in [5.41, 5.74) is -0.363. The number of ether oxygens (including phenoxy) is 2. The van der Waals surface area contributed by atoms with Crippen molar-refractivity contribution in [1.82, 2.24) is 0 Å². The van der Waals surface area contributed by atoms with Crippen LogP contribution in [-0.2, 0) is 19.5 Å². The lowest BCUT2D eigenvalue weighted by molar-refractivity contribution is -0.0344. The van der Waals surface area contributed by atoms with E-state index >= 15 is 0 Å². The van der Waals surface area contributed by atoms with E-state index < -0.39 is 10.0 Å². The van der Waals surface area contributed by atoms with Crippen molar-refractivity contribution < 1.29 is 17.9 Å². The summed E-state index contributed by atoms with van der Waals surface area (Å²) >= 11 is 0. The second-order valence-corrected chi connectivity index (χ2v) is 7.44.